The van der Waals surface area contributed by atoms with Gasteiger partial charge in [0.05, 0.1) is 6.54 Å². The van der Waals surface area contributed by atoms with Crippen molar-refractivity contribution in [3.63, 3.8) is 0 Å². The molecule has 0 aromatic carbocycles. The van der Waals surface area contributed by atoms with Crippen LogP contribution in [0.4, 0.5) is 0 Å². The van der Waals surface area contributed by atoms with Crippen molar-refractivity contribution in [2.75, 3.05) is 26.7 Å². The van der Waals surface area contributed by atoms with E-state index < -0.39 is 0 Å². The molecule has 15 heavy (non-hydrogen) atoms. The molecule has 1 aromatic rings. The fourth-order valence-electron chi connectivity index (χ4n) is 1.87. The second-order valence-electron chi connectivity index (χ2n) is 4.56. The van der Waals surface area contributed by atoms with E-state index in [9.17, 15) is 0 Å². The summed E-state index contributed by atoms with van der Waals surface area (Å²) in [6, 6.07) is 4.09. The van der Waals surface area contributed by atoms with Crippen LogP contribution in [0.25, 0.3) is 0 Å². The Balaban J connectivity index is 1.69. The molecule has 0 aliphatic carbocycles. The monoisotopic (exact) mass is 208 g/mol. The third-order valence-electron chi connectivity index (χ3n) is 3.01. The minimum atomic E-state index is 0.894. The standard InChI is InChI=1S/C12H20N2O/c1-10-3-4-12(15-10)9-14(2)6-5-11-7-13-8-11/h3-4,11,13H,5-9H2,1-2H3. The lowest BCUT2D eigenvalue weighted by Crippen LogP contribution is -2.43. The minimum Gasteiger partial charge on any atom is -0.465 e. The molecule has 1 saturated heterocycles. The Labute approximate surface area is 91.4 Å². The van der Waals surface area contributed by atoms with Crippen LogP contribution in [0.2, 0.25) is 0 Å². The fourth-order valence-corrected chi connectivity index (χ4v) is 1.87. The Kier molecular flexibility index (Phi) is 3.44. The van der Waals surface area contributed by atoms with E-state index in [4.69, 9.17) is 4.42 Å². The van der Waals surface area contributed by atoms with Crippen molar-refractivity contribution in [2.24, 2.45) is 5.92 Å². The van der Waals surface area contributed by atoms with Gasteiger partial charge in [0.25, 0.3) is 0 Å². The molecular weight excluding hydrogens is 188 g/mol. The molecule has 0 saturated carbocycles. The van der Waals surface area contributed by atoms with Gasteiger partial charge in [-0.2, -0.15) is 0 Å². The maximum Gasteiger partial charge on any atom is 0.118 e. The molecule has 1 aliphatic rings. The lowest BCUT2D eigenvalue weighted by molar-refractivity contribution is 0.239. The average Bonchev–Trinajstić information content (AvgIpc) is 2.48. The van der Waals surface area contributed by atoms with Crippen LogP contribution < -0.4 is 5.32 Å². The first-order chi connectivity index (χ1) is 7.24. The average molecular weight is 208 g/mol. The predicted octanol–water partition coefficient (Wildman–Crippen LogP) is 1.63. The van der Waals surface area contributed by atoms with Crippen LogP contribution in [-0.2, 0) is 6.54 Å². The number of aryl methyl sites for hydroxylation is 1. The first kappa shape index (κ1) is 10.7. The number of hydrogen-bond donors (Lipinski definition) is 1. The largest absolute Gasteiger partial charge is 0.465 e. The lowest BCUT2D eigenvalue weighted by Gasteiger charge is -2.28. The van der Waals surface area contributed by atoms with Gasteiger partial charge >= 0.3 is 0 Å². The van der Waals surface area contributed by atoms with Gasteiger partial charge < -0.3 is 9.73 Å². The summed E-state index contributed by atoms with van der Waals surface area (Å²) in [5, 5.41) is 3.30. The Hall–Kier alpha value is -0.800. The van der Waals surface area contributed by atoms with E-state index in [2.05, 4.69) is 23.3 Å². The number of nitrogens with zero attached hydrogens (tertiary/aromatic N) is 1. The molecule has 0 spiro atoms. The van der Waals surface area contributed by atoms with Crippen LogP contribution in [-0.4, -0.2) is 31.6 Å². The zero-order chi connectivity index (χ0) is 10.7. The van der Waals surface area contributed by atoms with Gasteiger partial charge in [0.1, 0.15) is 11.5 Å². The summed E-state index contributed by atoms with van der Waals surface area (Å²) in [5.74, 6) is 2.97. The van der Waals surface area contributed by atoms with Gasteiger partial charge in [0.2, 0.25) is 0 Å². The molecule has 3 nitrogen and oxygen atoms in total. The Bertz CT molecular complexity index is 304. The molecule has 0 bridgehead atoms. The fraction of sp³-hybridized carbons (Fsp3) is 0.667. The van der Waals surface area contributed by atoms with E-state index in [1.165, 1.54) is 19.5 Å². The molecule has 0 radical (unpaired) electrons. The molecular formula is C12H20N2O. The van der Waals surface area contributed by atoms with Gasteiger partial charge in [0.15, 0.2) is 0 Å². The van der Waals surface area contributed by atoms with Crippen LogP contribution in [0, 0.1) is 12.8 Å². The molecule has 3 heteroatoms. The molecule has 1 fully saturated rings. The number of furan rings is 1. The summed E-state index contributed by atoms with van der Waals surface area (Å²) in [6.45, 7) is 6.48. The summed E-state index contributed by atoms with van der Waals surface area (Å²) >= 11 is 0. The van der Waals surface area contributed by atoms with Crippen LogP contribution >= 0.6 is 0 Å². The van der Waals surface area contributed by atoms with Gasteiger partial charge in [-0.25, -0.2) is 0 Å². The van der Waals surface area contributed by atoms with Crippen LogP contribution in [0.15, 0.2) is 16.5 Å². The summed E-state index contributed by atoms with van der Waals surface area (Å²) in [7, 11) is 2.16. The maximum atomic E-state index is 5.55. The number of hydrogen-bond acceptors (Lipinski definition) is 3. The van der Waals surface area contributed by atoms with Crippen molar-refractivity contribution in [1.82, 2.24) is 10.2 Å². The normalized spacial score (nSPS) is 17.0. The summed E-state index contributed by atoms with van der Waals surface area (Å²) < 4.78 is 5.55. The Morgan fingerprint density at radius 2 is 2.27 bits per heavy atom. The third kappa shape index (κ3) is 3.08. The molecule has 1 aromatic heterocycles. The minimum absolute atomic E-state index is 0.894. The van der Waals surface area contributed by atoms with Crippen molar-refractivity contribution < 1.29 is 4.42 Å². The van der Waals surface area contributed by atoms with Crippen molar-refractivity contribution in [3.05, 3.63) is 23.7 Å². The molecule has 0 amide bonds. The molecule has 2 rings (SSSR count). The highest BCUT2D eigenvalue weighted by atomic mass is 16.3. The second kappa shape index (κ2) is 4.81. The van der Waals surface area contributed by atoms with Gasteiger partial charge in [-0.3, -0.25) is 4.90 Å². The van der Waals surface area contributed by atoms with Crippen molar-refractivity contribution >= 4 is 0 Å². The van der Waals surface area contributed by atoms with E-state index >= 15 is 0 Å². The van der Waals surface area contributed by atoms with E-state index in [0.717, 1.165) is 30.5 Å². The topological polar surface area (TPSA) is 28.4 Å². The third-order valence-corrected chi connectivity index (χ3v) is 3.01. The molecule has 84 valence electrons. The SMILES string of the molecule is Cc1ccc(CN(C)CCC2CNC2)o1. The van der Waals surface area contributed by atoms with Gasteiger partial charge in [-0.05, 0) is 58.1 Å². The summed E-state index contributed by atoms with van der Waals surface area (Å²) in [4.78, 5) is 2.33. The number of nitrogens with one attached hydrogen (secondary N) is 1. The summed E-state index contributed by atoms with van der Waals surface area (Å²) in [5.41, 5.74) is 0. The van der Waals surface area contributed by atoms with Crippen LogP contribution in [0.3, 0.4) is 0 Å². The lowest BCUT2D eigenvalue weighted by atomic mass is 9.99. The van der Waals surface area contributed by atoms with Gasteiger partial charge in [-0.15, -0.1) is 0 Å². The van der Waals surface area contributed by atoms with Crippen molar-refractivity contribution in [1.29, 1.82) is 0 Å². The van der Waals surface area contributed by atoms with Crippen molar-refractivity contribution in [3.8, 4) is 0 Å². The van der Waals surface area contributed by atoms with Crippen molar-refractivity contribution in [2.45, 2.75) is 19.9 Å². The zero-order valence-corrected chi connectivity index (χ0v) is 9.62. The van der Waals surface area contributed by atoms with Crippen LogP contribution in [0.1, 0.15) is 17.9 Å². The van der Waals surface area contributed by atoms with E-state index in [1.807, 2.05) is 13.0 Å². The van der Waals surface area contributed by atoms with E-state index in [1.54, 1.807) is 0 Å². The van der Waals surface area contributed by atoms with E-state index in [0.29, 0.717) is 0 Å². The van der Waals surface area contributed by atoms with Gasteiger partial charge in [-0.1, -0.05) is 0 Å². The highest BCUT2D eigenvalue weighted by molar-refractivity contribution is 5.05. The zero-order valence-electron chi connectivity index (χ0n) is 9.62. The van der Waals surface area contributed by atoms with Gasteiger partial charge in [0, 0.05) is 0 Å². The Morgan fingerprint density at radius 1 is 1.47 bits per heavy atom. The molecule has 2 heterocycles. The molecule has 1 N–H and O–H groups in total. The smallest absolute Gasteiger partial charge is 0.118 e. The molecule has 0 unspecified atom stereocenters. The first-order valence-corrected chi connectivity index (χ1v) is 5.68. The second-order valence-corrected chi connectivity index (χ2v) is 4.56. The van der Waals surface area contributed by atoms with E-state index in [-0.39, 0.29) is 0 Å². The predicted molar refractivity (Wildman–Crippen MR) is 60.8 cm³/mol. The first-order valence-electron chi connectivity index (χ1n) is 5.68. The highest BCUT2D eigenvalue weighted by Gasteiger charge is 2.16. The highest BCUT2D eigenvalue weighted by Crippen LogP contribution is 2.12. The van der Waals surface area contributed by atoms with Crippen LogP contribution in [0.5, 0.6) is 0 Å². The Morgan fingerprint density at radius 3 is 2.80 bits per heavy atom. The number of rotatable bonds is 5. The molecule has 0 atom stereocenters. The quantitative estimate of drug-likeness (QED) is 0.797. The maximum absolute atomic E-state index is 5.55. The molecule has 1 aliphatic heterocycles. The summed E-state index contributed by atoms with van der Waals surface area (Å²) in [6.07, 6.45) is 1.29.